The highest BCUT2D eigenvalue weighted by Gasteiger charge is 2.29. The van der Waals surface area contributed by atoms with Crippen molar-refractivity contribution in [3.63, 3.8) is 0 Å². The lowest BCUT2D eigenvalue weighted by Gasteiger charge is -2.24. The number of carbonyl (C=O) groups is 2. The second-order valence-electron chi connectivity index (χ2n) is 5.34. The monoisotopic (exact) mass is 290 g/mol. The van der Waals surface area contributed by atoms with E-state index in [1.165, 1.54) is 24.6 Å². The third-order valence-corrected chi connectivity index (χ3v) is 5.07. The molecule has 4 nitrogen and oxygen atoms in total. The summed E-state index contributed by atoms with van der Waals surface area (Å²) in [5.41, 5.74) is 0.843. The molecule has 0 unspecified atom stereocenters. The van der Waals surface area contributed by atoms with E-state index < -0.39 is 0 Å². The van der Waals surface area contributed by atoms with Crippen molar-refractivity contribution >= 4 is 29.3 Å². The molecule has 1 aromatic rings. The van der Waals surface area contributed by atoms with E-state index in [0.29, 0.717) is 6.04 Å². The van der Waals surface area contributed by atoms with Gasteiger partial charge in [-0.25, -0.2) is 0 Å². The molecule has 5 heteroatoms. The molecular weight excluding hydrogens is 272 g/mol. The minimum absolute atomic E-state index is 0.0102. The van der Waals surface area contributed by atoms with Crippen LogP contribution in [-0.4, -0.2) is 23.1 Å². The third kappa shape index (κ3) is 2.98. The number of thioether (sulfide) groups is 1. The first kappa shape index (κ1) is 13.5. The first-order valence-electron chi connectivity index (χ1n) is 7.08. The Bertz CT molecular complexity index is 526. The Morgan fingerprint density at radius 2 is 2.05 bits per heavy atom. The minimum atomic E-state index is -0.327. The predicted molar refractivity (Wildman–Crippen MR) is 79.7 cm³/mol. The summed E-state index contributed by atoms with van der Waals surface area (Å²) in [7, 11) is 0. The molecular formula is C15H18N2O2S. The Balaban J connectivity index is 1.60. The van der Waals surface area contributed by atoms with Crippen LogP contribution < -0.4 is 10.6 Å². The molecule has 2 aliphatic rings. The van der Waals surface area contributed by atoms with Crippen molar-refractivity contribution in [2.75, 3.05) is 5.32 Å². The zero-order valence-electron chi connectivity index (χ0n) is 11.2. The smallest absolute Gasteiger partial charge is 0.238 e. The lowest BCUT2D eigenvalue weighted by molar-refractivity contribution is -0.124. The van der Waals surface area contributed by atoms with Crippen LogP contribution in [0.25, 0.3) is 0 Å². The zero-order chi connectivity index (χ0) is 13.9. The van der Waals surface area contributed by atoms with Crippen molar-refractivity contribution in [1.29, 1.82) is 0 Å². The van der Waals surface area contributed by atoms with Gasteiger partial charge in [0.15, 0.2) is 0 Å². The van der Waals surface area contributed by atoms with Crippen molar-refractivity contribution in [3.05, 3.63) is 24.3 Å². The summed E-state index contributed by atoms with van der Waals surface area (Å²) in [5, 5.41) is 5.58. The van der Waals surface area contributed by atoms with E-state index in [4.69, 9.17) is 0 Å². The maximum absolute atomic E-state index is 12.0. The molecule has 1 saturated carbocycles. The van der Waals surface area contributed by atoms with Gasteiger partial charge in [0.1, 0.15) is 0 Å². The number of para-hydroxylation sites is 1. The normalized spacial score (nSPS) is 22.2. The van der Waals surface area contributed by atoms with E-state index in [1.54, 1.807) is 0 Å². The number of hydrogen-bond acceptors (Lipinski definition) is 3. The van der Waals surface area contributed by atoms with Crippen molar-refractivity contribution < 1.29 is 9.59 Å². The molecule has 0 bridgehead atoms. The molecule has 20 heavy (non-hydrogen) atoms. The van der Waals surface area contributed by atoms with Gasteiger partial charge in [0.2, 0.25) is 11.8 Å². The second kappa shape index (κ2) is 5.87. The number of hydrogen-bond donors (Lipinski definition) is 2. The number of carbonyl (C=O) groups excluding carboxylic acids is 2. The van der Waals surface area contributed by atoms with Gasteiger partial charge in [0.05, 0.1) is 10.9 Å². The molecule has 0 radical (unpaired) electrons. The Morgan fingerprint density at radius 3 is 2.85 bits per heavy atom. The molecule has 1 aromatic carbocycles. The van der Waals surface area contributed by atoms with Gasteiger partial charge in [0, 0.05) is 17.4 Å². The Morgan fingerprint density at radius 1 is 1.30 bits per heavy atom. The van der Waals surface area contributed by atoms with Crippen LogP contribution in [0.5, 0.6) is 0 Å². The highest BCUT2D eigenvalue weighted by molar-refractivity contribution is 8.01. The highest BCUT2D eigenvalue weighted by atomic mass is 32.2. The molecule has 2 amide bonds. The molecule has 3 rings (SSSR count). The lowest BCUT2D eigenvalue weighted by atomic mass is 10.2. The summed E-state index contributed by atoms with van der Waals surface area (Å²) in [6, 6.07) is 8.01. The summed E-state index contributed by atoms with van der Waals surface area (Å²) < 4.78 is 0. The third-order valence-electron chi connectivity index (χ3n) is 3.80. The SMILES string of the molecule is O=C(C[C@H]1Sc2ccccc2NC1=O)NC1CCCC1. The quantitative estimate of drug-likeness (QED) is 0.899. The molecule has 1 heterocycles. The average Bonchev–Trinajstić information content (AvgIpc) is 2.92. The van der Waals surface area contributed by atoms with Crippen LogP contribution in [0.1, 0.15) is 32.1 Å². The van der Waals surface area contributed by atoms with E-state index >= 15 is 0 Å². The number of nitrogens with one attached hydrogen (secondary N) is 2. The first-order chi connectivity index (χ1) is 9.72. The van der Waals surface area contributed by atoms with Gasteiger partial charge >= 0.3 is 0 Å². The van der Waals surface area contributed by atoms with Gasteiger partial charge in [-0.2, -0.15) is 0 Å². The van der Waals surface area contributed by atoms with Crippen molar-refractivity contribution in [2.45, 2.75) is 48.3 Å². The van der Waals surface area contributed by atoms with Crippen molar-refractivity contribution in [3.8, 4) is 0 Å². The first-order valence-corrected chi connectivity index (χ1v) is 7.96. The Labute approximate surface area is 122 Å². The number of rotatable bonds is 3. The van der Waals surface area contributed by atoms with Gasteiger partial charge in [0.25, 0.3) is 0 Å². The van der Waals surface area contributed by atoms with E-state index in [9.17, 15) is 9.59 Å². The van der Waals surface area contributed by atoms with Crippen LogP contribution in [-0.2, 0) is 9.59 Å². The minimum Gasteiger partial charge on any atom is -0.353 e. The maximum Gasteiger partial charge on any atom is 0.238 e. The number of anilines is 1. The van der Waals surface area contributed by atoms with Gasteiger partial charge in [-0.3, -0.25) is 9.59 Å². The fraction of sp³-hybridized carbons (Fsp3) is 0.467. The summed E-state index contributed by atoms with van der Waals surface area (Å²) >= 11 is 1.48. The topological polar surface area (TPSA) is 58.2 Å². The van der Waals surface area contributed by atoms with Gasteiger partial charge in [-0.1, -0.05) is 25.0 Å². The molecule has 0 spiro atoms. The fourth-order valence-electron chi connectivity index (χ4n) is 2.75. The fourth-order valence-corrected chi connectivity index (χ4v) is 3.86. The van der Waals surface area contributed by atoms with Crippen molar-refractivity contribution in [1.82, 2.24) is 5.32 Å². The van der Waals surface area contributed by atoms with Crippen molar-refractivity contribution in [2.24, 2.45) is 0 Å². The number of benzene rings is 1. The molecule has 1 atom stereocenters. The van der Waals surface area contributed by atoms with Gasteiger partial charge in [-0.15, -0.1) is 11.8 Å². The molecule has 0 aromatic heterocycles. The predicted octanol–water partition coefficient (Wildman–Crippen LogP) is 2.55. The van der Waals surface area contributed by atoms with E-state index in [2.05, 4.69) is 10.6 Å². The van der Waals surface area contributed by atoms with Gasteiger partial charge in [-0.05, 0) is 25.0 Å². The lowest BCUT2D eigenvalue weighted by Crippen LogP contribution is -2.38. The van der Waals surface area contributed by atoms with Gasteiger partial charge < -0.3 is 10.6 Å². The maximum atomic E-state index is 12.0. The standard InChI is InChI=1S/C15H18N2O2S/c18-14(16-10-5-1-2-6-10)9-13-15(19)17-11-7-3-4-8-12(11)20-13/h3-4,7-8,10,13H,1-2,5-6,9H2,(H,16,18)(H,17,19)/t13-/m1/s1. The van der Waals surface area contributed by atoms with Crippen LogP contribution in [0.4, 0.5) is 5.69 Å². The Hall–Kier alpha value is -1.49. The van der Waals surface area contributed by atoms with Crippen LogP contribution in [0.2, 0.25) is 0 Å². The number of amides is 2. The molecule has 2 N–H and O–H groups in total. The van der Waals surface area contributed by atoms with E-state index in [-0.39, 0.29) is 23.5 Å². The zero-order valence-corrected chi connectivity index (χ0v) is 12.0. The average molecular weight is 290 g/mol. The van der Waals surface area contributed by atoms with Crippen LogP contribution in [0.15, 0.2) is 29.2 Å². The highest BCUT2D eigenvalue weighted by Crippen LogP contribution is 2.36. The largest absolute Gasteiger partial charge is 0.353 e. The molecule has 1 aliphatic heterocycles. The van der Waals surface area contributed by atoms with E-state index in [0.717, 1.165) is 23.4 Å². The number of fused-ring (bicyclic) bond motifs is 1. The molecule has 1 fully saturated rings. The summed E-state index contributed by atoms with van der Waals surface area (Å²) in [6.45, 7) is 0. The second-order valence-corrected chi connectivity index (χ2v) is 6.59. The molecule has 1 aliphatic carbocycles. The van der Waals surface area contributed by atoms with Crippen LogP contribution in [0.3, 0.4) is 0 Å². The van der Waals surface area contributed by atoms with E-state index in [1.807, 2.05) is 24.3 Å². The summed E-state index contributed by atoms with van der Waals surface area (Å²) in [5.74, 6) is -0.0841. The van der Waals surface area contributed by atoms with Crippen LogP contribution >= 0.6 is 11.8 Å². The Kier molecular flexibility index (Phi) is 3.96. The molecule has 106 valence electrons. The summed E-state index contributed by atoms with van der Waals surface area (Å²) in [4.78, 5) is 25.1. The summed E-state index contributed by atoms with van der Waals surface area (Å²) in [6.07, 6.45) is 4.77. The van der Waals surface area contributed by atoms with Crippen LogP contribution in [0, 0.1) is 0 Å². The molecule has 0 saturated heterocycles.